The Balaban J connectivity index is 1.84. The molecule has 0 saturated carbocycles. The Kier molecular flexibility index (Phi) is 4.22. The first-order valence-electron chi connectivity index (χ1n) is 7.52. The molecule has 1 heterocycles. The molecule has 1 aliphatic heterocycles. The monoisotopic (exact) mass is 333 g/mol. The van der Waals surface area contributed by atoms with E-state index in [1.165, 1.54) is 4.90 Å². The second-order valence-corrected chi connectivity index (χ2v) is 6.07. The summed E-state index contributed by atoms with van der Waals surface area (Å²) in [5.74, 6) is -1.58. The van der Waals surface area contributed by atoms with E-state index in [1.807, 2.05) is 0 Å². The van der Waals surface area contributed by atoms with Gasteiger partial charge in [-0.1, -0.05) is 17.7 Å². The largest absolute Gasteiger partial charge is 0.462 e. The molecule has 1 aromatic rings. The van der Waals surface area contributed by atoms with Gasteiger partial charge in [-0.25, -0.2) is 4.79 Å². The number of fused-ring (bicyclic) bond motifs is 1. The molecular weight excluding hydrogens is 318 g/mol. The van der Waals surface area contributed by atoms with Crippen LogP contribution in [0.25, 0.3) is 0 Å². The van der Waals surface area contributed by atoms with Gasteiger partial charge in [0.15, 0.2) is 0 Å². The molecule has 6 heteroatoms. The number of ether oxygens (including phenoxy) is 1. The van der Waals surface area contributed by atoms with E-state index in [-0.39, 0.29) is 23.7 Å². The maximum Gasteiger partial charge on any atom is 0.338 e. The molecule has 1 aliphatic carbocycles. The minimum atomic E-state index is -0.428. The molecule has 5 nitrogen and oxygen atoms in total. The molecule has 0 aromatic heterocycles. The SMILES string of the molecule is CCOC(=O)c1ccc(N2C(=O)[C@H]3CC=C(Cl)C[C@H]3C2=O)cc1. The van der Waals surface area contributed by atoms with Gasteiger partial charge in [0.1, 0.15) is 0 Å². The number of benzene rings is 1. The van der Waals surface area contributed by atoms with E-state index in [1.54, 1.807) is 37.3 Å². The van der Waals surface area contributed by atoms with Crippen LogP contribution in [-0.4, -0.2) is 24.4 Å². The van der Waals surface area contributed by atoms with Gasteiger partial charge in [0.05, 0.1) is 29.7 Å². The van der Waals surface area contributed by atoms with Crippen molar-refractivity contribution >= 4 is 35.1 Å². The second-order valence-electron chi connectivity index (χ2n) is 5.58. The predicted octanol–water partition coefficient (Wildman–Crippen LogP) is 2.89. The Hall–Kier alpha value is -2.14. The van der Waals surface area contributed by atoms with Gasteiger partial charge in [0.25, 0.3) is 0 Å². The lowest BCUT2D eigenvalue weighted by molar-refractivity contribution is -0.122. The number of imide groups is 1. The minimum Gasteiger partial charge on any atom is -0.462 e. The molecular formula is C17H16ClNO4. The van der Waals surface area contributed by atoms with Crippen molar-refractivity contribution in [2.75, 3.05) is 11.5 Å². The number of rotatable bonds is 3. The lowest BCUT2D eigenvalue weighted by Gasteiger charge is -2.17. The Bertz CT molecular complexity index is 695. The summed E-state index contributed by atoms with van der Waals surface area (Å²) in [7, 11) is 0. The number of nitrogens with zero attached hydrogens (tertiary/aromatic N) is 1. The molecule has 0 spiro atoms. The fraction of sp³-hybridized carbons (Fsp3) is 0.353. The zero-order valence-electron chi connectivity index (χ0n) is 12.6. The van der Waals surface area contributed by atoms with Gasteiger partial charge in [0.2, 0.25) is 11.8 Å². The van der Waals surface area contributed by atoms with Gasteiger partial charge in [-0.2, -0.15) is 0 Å². The molecule has 0 bridgehead atoms. The number of hydrogen-bond acceptors (Lipinski definition) is 4. The quantitative estimate of drug-likeness (QED) is 0.630. The summed E-state index contributed by atoms with van der Waals surface area (Å²) in [6.07, 6.45) is 2.71. The standard InChI is InChI=1S/C17H16ClNO4/c1-2-23-17(22)10-3-6-12(7-4-10)19-15(20)13-8-5-11(18)9-14(13)16(19)21/h3-7,13-14H,2,8-9H2,1H3/t13-,14+/m0/s1. The number of anilines is 1. The normalized spacial score (nSPS) is 23.6. The van der Waals surface area contributed by atoms with E-state index in [2.05, 4.69) is 0 Å². The highest BCUT2D eigenvalue weighted by Crippen LogP contribution is 2.40. The maximum atomic E-state index is 12.5. The van der Waals surface area contributed by atoms with Crippen LogP contribution in [0.5, 0.6) is 0 Å². The Morgan fingerprint density at radius 1 is 1.22 bits per heavy atom. The molecule has 2 amide bonds. The van der Waals surface area contributed by atoms with Crippen molar-refractivity contribution < 1.29 is 19.1 Å². The number of halogens is 1. The summed E-state index contributed by atoms with van der Waals surface area (Å²) < 4.78 is 4.92. The summed E-state index contributed by atoms with van der Waals surface area (Å²) in [5.41, 5.74) is 0.857. The fourth-order valence-electron chi connectivity index (χ4n) is 3.04. The average Bonchev–Trinajstić information content (AvgIpc) is 2.79. The van der Waals surface area contributed by atoms with Crippen molar-refractivity contribution in [2.45, 2.75) is 19.8 Å². The van der Waals surface area contributed by atoms with Gasteiger partial charge in [-0.15, -0.1) is 0 Å². The molecule has 1 fully saturated rings. The fourth-order valence-corrected chi connectivity index (χ4v) is 3.30. The van der Waals surface area contributed by atoms with Crippen LogP contribution >= 0.6 is 11.6 Å². The smallest absolute Gasteiger partial charge is 0.338 e. The summed E-state index contributed by atoms with van der Waals surface area (Å²) >= 11 is 6.00. The maximum absolute atomic E-state index is 12.5. The van der Waals surface area contributed by atoms with Crippen LogP contribution in [-0.2, 0) is 14.3 Å². The zero-order valence-corrected chi connectivity index (χ0v) is 13.4. The first kappa shape index (κ1) is 15.7. The second kappa shape index (κ2) is 6.16. The Labute approximate surface area is 138 Å². The van der Waals surface area contributed by atoms with Crippen molar-refractivity contribution in [1.29, 1.82) is 0 Å². The van der Waals surface area contributed by atoms with E-state index in [4.69, 9.17) is 16.3 Å². The number of amides is 2. The zero-order chi connectivity index (χ0) is 16.6. The molecule has 23 heavy (non-hydrogen) atoms. The Morgan fingerprint density at radius 2 is 1.87 bits per heavy atom. The van der Waals surface area contributed by atoms with E-state index in [0.717, 1.165) is 0 Å². The van der Waals surface area contributed by atoms with Crippen LogP contribution in [0.15, 0.2) is 35.4 Å². The van der Waals surface area contributed by atoms with Crippen LogP contribution in [0.2, 0.25) is 0 Å². The van der Waals surface area contributed by atoms with Crippen molar-refractivity contribution in [3.05, 3.63) is 40.9 Å². The highest BCUT2D eigenvalue weighted by Gasteiger charge is 2.48. The number of allylic oxidation sites excluding steroid dienone is 2. The van der Waals surface area contributed by atoms with E-state index in [9.17, 15) is 14.4 Å². The van der Waals surface area contributed by atoms with Crippen molar-refractivity contribution in [1.82, 2.24) is 0 Å². The van der Waals surface area contributed by atoms with E-state index >= 15 is 0 Å². The third kappa shape index (κ3) is 2.77. The summed E-state index contributed by atoms with van der Waals surface area (Å²) in [5, 5.41) is 0.631. The van der Waals surface area contributed by atoms with Gasteiger partial charge in [0, 0.05) is 5.03 Å². The van der Waals surface area contributed by atoms with Gasteiger partial charge >= 0.3 is 5.97 Å². The molecule has 2 aliphatic rings. The topological polar surface area (TPSA) is 63.7 Å². The highest BCUT2D eigenvalue weighted by atomic mass is 35.5. The number of carbonyl (C=O) groups is 3. The van der Waals surface area contributed by atoms with Crippen LogP contribution in [0.4, 0.5) is 5.69 Å². The van der Waals surface area contributed by atoms with Crippen LogP contribution < -0.4 is 4.90 Å². The molecule has 3 rings (SSSR count). The molecule has 1 saturated heterocycles. The molecule has 0 unspecified atom stereocenters. The minimum absolute atomic E-state index is 0.204. The van der Waals surface area contributed by atoms with Crippen molar-refractivity contribution in [2.24, 2.45) is 11.8 Å². The van der Waals surface area contributed by atoms with Gasteiger partial charge in [-0.3, -0.25) is 14.5 Å². The lowest BCUT2D eigenvalue weighted by Crippen LogP contribution is -2.30. The Morgan fingerprint density at radius 3 is 2.52 bits per heavy atom. The van der Waals surface area contributed by atoms with E-state index in [0.29, 0.717) is 35.7 Å². The van der Waals surface area contributed by atoms with Gasteiger partial charge < -0.3 is 4.74 Å². The number of carbonyl (C=O) groups excluding carboxylic acids is 3. The van der Waals surface area contributed by atoms with Crippen molar-refractivity contribution in [3.63, 3.8) is 0 Å². The van der Waals surface area contributed by atoms with Crippen LogP contribution in [0.3, 0.4) is 0 Å². The van der Waals surface area contributed by atoms with Gasteiger partial charge in [-0.05, 0) is 44.0 Å². The van der Waals surface area contributed by atoms with E-state index < -0.39 is 5.97 Å². The first-order valence-corrected chi connectivity index (χ1v) is 7.90. The first-order chi connectivity index (χ1) is 11.0. The van der Waals surface area contributed by atoms with Crippen molar-refractivity contribution in [3.8, 4) is 0 Å². The predicted molar refractivity (Wildman–Crippen MR) is 85.0 cm³/mol. The summed E-state index contributed by atoms with van der Waals surface area (Å²) in [6, 6.07) is 6.30. The highest BCUT2D eigenvalue weighted by molar-refractivity contribution is 6.30. The molecule has 2 atom stereocenters. The van der Waals surface area contributed by atoms with Crippen LogP contribution in [0, 0.1) is 11.8 Å². The third-order valence-electron chi connectivity index (χ3n) is 4.21. The average molecular weight is 334 g/mol. The lowest BCUT2D eigenvalue weighted by atomic mass is 9.85. The summed E-state index contributed by atoms with van der Waals surface area (Å²) in [4.78, 5) is 37.9. The molecule has 0 N–H and O–H groups in total. The molecule has 1 aromatic carbocycles. The van der Waals surface area contributed by atoms with Crippen LogP contribution in [0.1, 0.15) is 30.1 Å². The number of esters is 1. The third-order valence-corrected chi connectivity index (χ3v) is 4.51. The number of hydrogen-bond donors (Lipinski definition) is 0. The molecule has 0 radical (unpaired) electrons. The summed E-state index contributed by atoms with van der Waals surface area (Å²) in [6.45, 7) is 2.02. The molecule has 120 valence electrons.